The van der Waals surface area contributed by atoms with Crippen LogP contribution in [-0.2, 0) is 6.54 Å². The molecule has 1 aliphatic heterocycles. The zero-order valence-corrected chi connectivity index (χ0v) is 14.3. The molecule has 0 saturated carbocycles. The fraction of sp³-hybridized carbons (Fsp3) is 0.438. The van der Waals surface area contributed by atoms with Crippen molar-refractivity contribution in [1.29, 1.82) is 5.26 Å². The van der Waals surface area contributed by atoms with Gasteiger partial charge in [0.15, 0.2) is 0 Å². The summed E-state index contributed by atoms with van der Waals surface area (Å²) in [6.07, 6.45) is 5.67. The Balaban J connectivity index is 1.65. The molecule has 1 saturated heterocycles. The van der Waals surface area contributed by atoms with Crippen LogP contribution in [0.3, 0.4) is 0 Å². The van der Waals surface area contributed by atoms with E-state index in [0.717, 1.165) is 35.7 Å². The minimum atomic E-state index is 0.435. The average molecular weight is 360 g/mol. The first kappa shape index (κ1) is 15.0. The maximum absolute atomic E-state index is 9.23. The molecule has 3 rings (SSSR count). The quantitative estimate of drug-likeness (QED) is 0.840. The molecule has 0 unspecified atom stereocenters. The number of nitrogens with zero attached hydrogens (tertiary/aromatic N) is 5. The fourth-order valence-corrected chi connectivity index (χ4v) is 3.21. The number of aromatic nitrogens is 3. The average Bonchev–Trinajstić information content (AvgIpc) is 2.91. The molecule has 0 radical (unpaired) electrons. The van der Waals surface area contributed by atoms with E-state index in [1.54, 1.807) is 6.20 Å². The molecular formula is C16H18BrN5. The van der Waals surface area contributed by atoms with E-state index in [1.807, 2.05) is 12.3 Å². The summed E-state index contributed by atoms with van der Waals surface area (Å²) in [6, 6.07) is 4.04. The highest BCUT2D eigenvalue weighted by Crippen LogP contribution is 2.28. The Morgan fingerprint density at radius 2 is 2.18 bits per heavy atom. The number of halogens is 1. The Kier molecular flexibility index (Phi) is 4.16. The van der Waals surface area contributed by atoms with E-state index in [1.165, 1.54) is 0 Å². The second-order valence-electron chi connectivity index (χ2n) is 6.00. The summed E-state index contributed by atoms with van der Waals surface area (Å²) in [6.45, 7) is 7.16. The molecule has 0 atom stereocenters. The molecular weight excluding hydrogens is 342 g/mol. The largest absolute Gasteiger partial charge is 0.355 e. The van der Waals surface area contributed by atoms with Crippen molar-refractivity contribution in [1.82, 2.24) is 14.5 Å². The summed E-state index contributed by atoms with van der Waals surface area (Å²) in [5.41, 5.74) is 0.623. The summed E-state index contributed by atoms with van der Waals surface area (Å²) in [5.74, 6) is 2.93. The third kappa shape index (κ3) is 2.86. The molecule has 0 aliphatic carbocycles. The summed E-state index contributed by atoms with van der Waals surface area (Å²) in [4.78, 5) is 11.0. The molecule has 1 fully saturated rings. The monoisotopic (exact) mass is 359 g/mol. The lowest BCUT2D eigenvalue weighted by Gasteiger charge is -2.41. The van der Waals surface area contributed by atoms with Gasteiger partial charge in [-0.3, -0.25) is 0 Å². The van der Waals surface area contributed by atoms with Gasteiger partial charge in [-0.05, 0) is 22.0 Å². The molecule has 1 aliphatic rings. The van der Waals surface area contributed by atoms with Gasteiger partial charge in [0.1, 0.15) is 17.7 Å². The van der Waals surface area contributed by atoms with Gasteiger partial charge in [-0.1, -0.05) is 13.8 Å². The molecule has 2 aromatic rings. The zero-order valence-electron chi connectivity index (χ0n) is 12.7. The Morgan fingerprint density at radius 3 is 2.86 bits per heavy atom. The van der Waals surface area contributed by atoms with Gasteiger partial charge >= 0.3 is 0 Å². The molecule has 0 aromatic carbocycles. The molecule has 0 N–H and O–H groups in total. The smallest absolute Gasteiger partial charge is 0.146 e. The van der Waals surface area contributed by atoms with Gasteiger partial charge in [-0.25, -0.2) is 9.97 Å². The third-order valence-corrected chi connectivity index (χ3v) is 4.36. The highest BCUT2D eigenvalue weighted by molar-refractivity contribution is 9.10. The van der Waals surface area contributed by atoms with Gasteiger partial charge in [0.05, 0.1) is 5.56 Å². The lowest BCUT2D eigenvalue weighted by molar-refractivity contribution is 0.348. The molecule has 0 spiro atoms. The number of imidazole rings is 1. The zero-order chi connectivity index (χ0) is 15.7. The van der Waals surface area contributed by atoms with E-state index in [-0.39, 0.29) is 0 Å². The van der Waals surface area contributed by atoms with Crippen LogP contribution < -0.4 is 4.90 Å². The highest BCUT2D eigenvalue weighted by atomic mass is 79.9. The fourth-order valence-electron chi connectivity index (χ4n) is 2.88. The van der Waals surface area contributed by atoms with Crippen LogP contribution in [0.25, 0.3) is 0 Å². The Hall–Kier alpha value is -1.87. The van der Waals surface area contributed by atoms with Crippen molar-refractivity contribution < 1.29 is 0 Å². The number of hydrogen-bond donors (Lipinski definition) is 0. The van der Waals surface area contributed by atoms with Crippen LogP contribution in [0.15, 0.2) is 29.1 Å². The lowest BCUT2D eigenvalue weighted by Crippen LogP contribution is -2.49. The molecule has 114 valence electrons. The standard InChI is InChI=1S/C16H18BrN5/c1-11(2)15-19-3-4-21(15)8-12-9-22(10-12)16-13(6-18)5-14(17)7-20-16/h3-5,7,11-12H,8-10H2,1-2H3. The van der Waals surface area contributed by atoms with Crippen molar-refractivity contribution >= 4 is 21.7 Å². The van der Waals surface area contributed by atoms with Gasteiger partial charge in [-0.15, -0.1) is 0 Å². The summed E-state index contributed by atoms with van der Waals surface area (Å²) in [7, 11) is 0. The molecule has 3 heterocycles. The normalized spacial score (nSPS) is 15.0. The van der Waals surface area contributed by atoms with E-state index < -0.39 is 0 Å². The summed E-state index contributed by atoms with van der Waals surface area (Å²) in [5, 5.41) is 9.23. The number of pyridine rings is 1. The van der Waals surface area contributed by atoms with Crippen LogP contribution in [-0.4, -0.2) is 27.6 Å². The SMILES string of the molecule is CC(C)c1nccn1CC1CN(c2ncc(Br)cc2C#N)C1. The number of anilines is 1. The first-order chi connectivity index (χ1) is 10.6. The predicted molar refractivity (Wildman–Crippen MR) is 88.7 cm³/mol. The Labute approximate surface area is 138 Å². The van der Waals surface area contributed by atoms with E-state index in [2.05, 4.69) is 61.5 Å². The van der Waals surface area contributed by atoms with E-state index >= 15 is 0 Å². The number of nitriles is 1. The maximum Gasteiger partial charge on any atom is 0.146 e. The third-order valence-electron chi connectivity index (χ3n) is 3.93. The van der Waals surface area contributed by atoms with Crippen molar-refractivity contribution in [3.05, 3.63) is 40.5 Å². The first-order valence-electron chi connectivity index (χ1n) is 7.40. The highest BCUT2D eigenvalue weighted by Gasteiger charge is 2.30. The van der Waals surface area contributed by atoms with Crippen molar-refractivity contribution in [3.63, 3.8) is 0 Å². The van der Waals surface area contributed by atoms with Gasteiger partial charge in [-0.2, -0.15) is 5.26 Å². The van der Waals surface area contributed by atoms with Gasteiger partial charge < -0.3 is 9.47 Å². The number of hydrogen-bond acceptors (Lipinski definition) is 4. The van der Waals surface area contributed by atoms with Gasteiger partial charge in [0.2, 0.25) is 0 Å². The predicted octanol–water partition coefficient (Wildman–Crippen LogP) is 3.17. The van der Waals surface area contributed by atoms with E-state index in [0.29, 0.717) is 17.4 Å². The van der Waals surface area contributed by atoms with E-state index in [4.69, 9.17) is 0 Å². The van der Waals surface area contributed by atoms with Gasteiger partial charge in [0, 0.05) is 54.5 Å². The van der Waals surface area contributed by atoms with E-state index in [9.17, 15) is 5.26 Å². The number of rotatable bonds is 4. The molecule has 5 nitrogen and oxygen atoms in total. The van der Waals surface area contributed by atoms with Gasteiger partial charge in [0.25, 0.3) is 0 Å². The Morgan fingerprint density at radius 1 is 1.41 bits per heavy atom. The van der Waals surface area contributed by atoms with Crippen molar-refractivity contribution in [2.45, 2.75) is 26.3 Å². The van der Waals surface area contributed by atoms with Crippen LogP contribution in [0.1, 0.15) is 31.2 Å². The van der Waals surface area contributed by atoms with Crippen molar-refractivity contribution in [3.8, 4) is 6.07 Å². The lowest BCUT2D eigenvalue weighted by atomic mass is 9.99. The van der Waals surface area contributed by atoms with Crippen molar-refractivity contribution in [2.24, 2.45) is 5.92 Å². The van der Waals surface area contributed by atoms with Crippen LogP contribution in [0.4, 0.5) is 5.82 Å². The topological polar surface area (TPSA) is 57.7 Å². The molecule has 2 aromatic heterocycles. The Bertz CT molecular complexity index is 710. The molecule has 0 bridgehead atoms. The molecule has 0 amide bonds. The second kappa shape index (κ2) is 6.09. The summed E-state index contributed by atoms with van der Waals surface area (Å²) < 4.78 is 3.08. The minimum absolute atomic E-state index is 0.435. The van der Waals surface area contributed by atoms with Crippen LogP contribution >= 0.6 is 15.9 Å². The van der Waals surface area contributed by atoms with Crippen LogP contribution in [0, 0.1) is 17.2 Å². The summed E-state index contributed by atoms with van der Waals surface area (Å²) >= 11 is 3.36. The van der Waals surface area contributed by atoms with Crippen LogP contribution in [0.5, 0.6) is 0 Å². The molecule has 22 heavy (non-hydrogen) atoms. The minimum Gasteiger partial charge on any atom is -0.355 e. The molecule has 6 heteroatoms. The maximum atomic E-state index is 9.23. The second-order valence-corrected chi connectivity index (χ2v) is 6.92. The van der Waals surface area contributed by atoms with Crippen LogP contribution in [0.2, 0.25) is 0 Å². The first-order valence-corrected chi connectivity index (χ1v) is 8.19. The van der Waals surface area contributed by atoms with Crippen molar-refractivity contribution in [2.75, 3.05) is 18.0 Å².